The van der Waals surface area contributed by atoms with Gasteiger partial charge in [-0.1, -0.05) is 39.3 Å². The molecule has 0 saturated heterocycles. The van der Waals surface area contributed by atoms with Crippen LogP contribution in [0, 0.1) is 5.92 Å². The summed E-state index contributed by atoms with van der Waals surface area (Å²) in [5.41, 5.74) is 3.85. The molecule has 1 atom stereocenters. The number of amides is 1. The van der Waals surface area contributed by atoms with Crippen LogP contribution in [0.15, 0.2) is 42.5 Å². The standard InChI is InChI=1S/C27H35N3O4/c1-4-6-7-25-29-23-13-10-21(28-26(31)5-2)17-24(23)30(25)18-20-8-11-22(12-9-20)34-15-14-19(3)16-27(32)33/h8-13,17,19H,4-7,14-16,18H2,1-3H3,(H,28,31)(H,32,33). The van der Waals surface area contributed by atoms with Crippen molar-refractivity contribution in [1.29, 1.82) is 0 Å². The first-order valence-electron chi connectivity index (χ1n) is 12.1. The lowest BCUT2D eigenvalue weighted by atomic mass is 10.1. The van der Waals surface area contributed by atoms with Crippen LogP contribution in [0.2, 0.25) is 0 Å². The van der Waals surface area contributed by atoms with E-state index in [-0.39, 0.29) is 18.2 Å². The minimum absolute atomic E-state index is 0.00966. The summed E-state index contributed by atoms with van der Waals surface area (Å²) >= 11 is 0. The predicted molar refractivity (Wildman–Crippen MR) is 134 cm³/mol. The van der Waals surface area contributed by atoms with Gasteiger partial charge in [-0.3, -0.25) is 9.59 Å². The van der Waals surface area contributed by atoms with Crippen molar-refractivity contribution in [1.82, 2.24) is 9.55 Å². The van der Waals surface area contributed by atoms with E-state index in [4.69, 9.17) is 14.8 Å². The van der Waals surface area contributed by atoms with E-state index < -0.39 is 5.97 Å². The Balaban J connectivity index is 1.74. The van der Waals surface area contributed by atoms with Gasteiger partial charge in [0.2, 0.25) is 5.91 Å². The molecule has 3 aromatic rings. The Hall–Kier alpha value is -3.35. The molecule has 1 aromatic heterocycles. The summed E-state index contributed by atoms with van der Waals surface area (Å²) in [5.74, 6) is 1.12. The van der Waals surface area contributed by atoms with Gasteiger partial charge in [-0.15, -0.1) is 0 Å². The molecule has 0 saturated carbocycles. The number of aromatic nitrogens is 2. The second-order valence-electron chi connectivity index (χ2n) is 8.81. The number of ether oxygens (including phenoxy) is 1. The first kappa shape index (κ1) is 25.3. The molecule has 0 aliphatic carbocycles. The molecule has 0 spiro atoms. The third-order valence-corrected chi connectivity index (χ3v) is 5.85. The van der Waals surface area contributed by atoms with Crippen LogP contribution in [0.4, 0.5) is 5.69 Å². The van der Waals surface area contributed by atoms with Gasteiger partial charge in [0, 0.05) is 31.5 Å². The number of rotatable bonds is 13. The zero-order valence-corrected chi connectivity index (χ0v) is 20.3. The van der Waals surface area contributed by atoms with Gasteiger partial charge in [0.25, 0.3) is 0 Å². The minimum atomic E-state index is -0.776. The molecule has 0 bridgehead atoms. The summed E-state index contributed by atoms with van der Waals surface area (Å²) in [6.07, 6.45) is 4.36. The van der Waals surface area contributed by atoms with Gasteiger partial charge in [-0.2, -0.15) is 0 Å². The smallest absolute Gasteiger partial charge is 0.303 e. The molecule has 2 N–H and O–H groups in total. The second-order valence-corrected chi connectivity index (χ2v) is 8.81. The lowest BCUT2D eigenvalue weighted by Crippen LogP contribution is -2.10. The number of carboxylic acids is 1. The highest BCUT2D eigenvalue weighted by atomic mass is 16.5. The number of hydrogen-bond acceptors (Lipinski definition) is 4. The molecule has 1 heterocycles. The summed E-state index contributed by atoms with van der Waals surface area (Å²) in [4.78, 5) is 27.5. The maximum Gasteiger partial charge on any atom is 0.303 e. The number of carboxylic acid groups (broad SMARTS) is 1. The maximum absolute atomic E-state index is 11.9. The van der Waals surface area contributed by atoms with Gasteiger partial charge in [-0.05, 0) is 54.7 Å². The van der Waals surface area contributed by atoms with Crippen molar-refractivity contribution in [2.24, 2.45) is 5.92 Å². The third-order valence-electron chi connectivity index (χ3n) is 5.85. The summed E-state index contributed by atoms with van der Waals surface area (Å²) in [5, 5.41) is 11.8. The minimum Gasteiger partial charge on any atom is -0.494 e. The number of unbranched alkanes of at least 4 members (excludes halogenated alkanes) is 1. The average molecular weight is 466 g/mol. The highest BCUT2D eigenvalue weighted by Crippen LogP contribution is 2.24. The van der Waals surface area contributed by atoms with Crippen molar-refractivity contribution in [3.05, 3.63) is 53.9 Å². The molecular weight excluding hydrogens is 430 g/mol. The van der Waals surface area contributed by atoms with Gasteiger partial charge in [-0.25, -0.2) is 4.98 Å². The number of aryl methyl sites for hydroxylation is 1. The number of imidazole rings is 1. The highest BCUT2D eigenvalue weighted by molar-refractivity contribution is 5.93. The monoisotopic (exact) mass is 465 g/mol. The summed E-state index contributed by atoms with van der Waals surface area (Å²) in [6.45, 7) is 7.10. The van der Waals surface area contributed by atoms with Crippen molar-refractivity contribution in [3.63, 3.8) is 0 Å². The van der Waals surface area contributed by atoms with Gasteiger partial charge >= 0.3 is 5.97 Å². The number of carbonyl (C=O) groups excluding carboxylic acids is 1. The van der Waals surface area contributed by atoms with Crippen LogP contribution in [0.5, 0.6) is 5.75 Å². The van der Waals surface area contributed by atoms with Crippen LogP contribution >= 0.6 is 0 Å². The van der Waals surface area contributed by atoms with Crippen LogP contribution in [0.1, 0.15) is 64.3 Å². The summed E-state index contributed by atoms with van der Waals surface area (Å²) < 4.78 is 8.04. The Labute approximate surface area is 201 Å². The van der Waals surface area contributed by atoms with Gasteiger partial charge in [0.05, 0.1) is 17.6 Å². The molecule has 7 heteroatoms. The Morgan fingerprint density at radius 2 is 1.91 bits per heavy atom. The third kappa shape index (κ3) is 7.07. The molecular formula is C27H35N3O4. The van der Waals surface area contributed by atoms with Crippen LogP contribution in [0.3, 0.4) is 0 Å². The Morgan fingerprint density at radius 1 is 1.15 bits per heavy atom. The number of anilines is 1. The van der Waals surface area contributed by atoms with Crippen molar-refractivity contribution in [2.75, 3.05) is 11.9 Å². The molecule has 3 rings (SSSR count). The molecule has 1 unspecified atom stereocenters. The van der Waals surface area contributed by atoms with E-state index in [1.54, 1.807) is 0 Å². The first-order valence-corrected chi connectivity index (χ1v) is 12.1. The van der Waals surface area contributed by atoms with E-state index in [1.807, 2.05) is 56.3 Å². The number of carbonyl (C=O) groups is 2. The first-order chi connectivity index (χ1) is 16.4. The Kier molecular flexibility index (Phi) is 9.08. The van der Waals surface area contributed by atoms with Crippen LogP contribution in [-0.2, 0) is 22.6 Å². The lowest BCUT2D eigenvalue weighted by Gasteiger charge is -2.12. The molecule has 0 aliphatic heterocycles. The van der Waals surface area contributed by atoms with Crippen molar-refractivity contribution < 1.29 is 19.4 Å². The topological polar surface area (TPSA) is 93.5 Å². The Morgan fingerprint density at radius 3 is 2.59 bits per heavy atom. The predicted octanol–water partition coefficient (Wildman–Crippen LogP) is 5.66. The quantitative estimate of drug-likeness (QED) is 0.340. The zero-order valence-electron chi connectivity index (χ0n) is 20.3. The molecule has 1 amide bonds. The van der Waals surface area contributed by atoms with Crippen LogP contribution in [0.25, 0.3) is 11.0 Å². The second kappa shape index (κ2) is 12.2. The van der Waals surface area contributed by atoms with Gasteiger partial charge in [0.1, 0.15) is 11.6 Å². The fraction of sp³-hybridized carbons (Fsp3) is 0.444. The van der Waals surface area contributed by atoms with E-state index in [1.165, 1.54) is 0 Å². The number of nitrogens with one attached hydrogen (secondary N) is 1. The summed E-state index contributed by atoms with van der Waals surface area (Å²) in [7, 11) is 0. The SMILES string of the molecule is CCCCc1nc2ccc(NC(=O)CC)cc2n1Cc1ccc(OCCC(C)CC(=O)O)cc1. The van der Waals surface area contributed by atoms with Crippen LogP contribution < -0.4 is 10.1 Å². The number of nitrogens with zero attached hydrogens (tertiary/aromatic N) is 2. The van der Waals surface area contributed by atoms with Crippen molar-refractivity contribution >= 4 is 28.6 Å². The normalized spacial score (nSPS) is 12.0. The fourth-order valence-electron chi connectivity index (χ4n) is 3.85. The number of benzene rings is 2. The molecule has 182 valence electrons. The largest absolute Gasteiger partial charge is 0.494 e. The number of fused-ring (bicyclic) bond motifs is 1. The van der Waals surface area contributed by atoms with Crippen LogP contribution in [-0.4, -0.2) is 33.1 Å². The van der Waals surface area contributed by atoms with E-state index in [2.05, 4.69) is 16.8 Å². The average Bonchev–Trinajstić information content (AvgIpc) is 3.14. The number of aliphatic carboxylic acids is 1. The Bertz CT molecular complexity index is 1110. The zero-order chi connectivity index (χ0) is 24.5. The molecule has 2 aromatic carbocycles. The highest BCUT2D eigenvalue weighted by Gasteiger charge is 2.13. The number of hydrogen-bond donors (Lipinski definition) is 2. The van der Waals surface area contributed by atoms with Crippen molar-refractivity contribution in [2.45, 2.75) is 65.8 Å². The lowest BCUT2D eigenvalue weighted by molar-refractivity contribution is -0.138. The molecule has 0 fully saturated rings. The van der Waals surface area contributed by atoms with E-state index in [0.717, 1.165) is 53.1 Å². The van der Waals surface area contributed by atoms with E-state index >= 15 is 0 Å². The molecule has 34 heavy (non-hydrogen) atoms. The summed E-state index contributed by atoms with van der Waals surface area (Å²) in [6, 6.07) is 13.9. The maximum atomic E-state index is 11.9. The van der Waals surface area contributed by atoms with Gasteiger partial charge in [0.15, 0.2) is 0 Å². The van der Waals surface area contributed by atoms with E-state index in [0.29, 0.717) is 26.0 Å². The molecule has 7 nitrogen and oxygen atoms in total. The molecule has 0 radical (unpaired) electrons. The van der Waals surface area contributed by atoms with Gasteiger partial charge < -0.3 is 19.7 Å². The molecule has 0 aliphatic rings. The fourth-order valence-corrected chi connectivity index (χ4v) is 3.85. The van der Waals surface area contributed by atoms with Crippen molar-refractivity contribution in [3.8, 4) is 5.75 Å². The van der Waals surface area contributed by atoms with E-state index in [9.17, 15) is 9.59 Å².